The summed E-state index contributed by atoms with van der Waals surface area (Å²) in [5, 5.41) is 3.92. The Morgan fingerprint density at radius 2 is 2.17 bits per heavy atom. The summed E-state index contributed by atoms with van der Waals surface area (Å²) < 4.78 is 5.33. The first-order valence-corrected chi connectivity index (χ1v) is 8.61. The number of imidazole rings is 1. The number of rotatable bonds is 6. The molecule has 1 amide bonds. The molecule has 0 aliphatic carbocycles. The maximum atomic E-state index is 11.9. The molecule has 0 saturated carbocycles. The van der Waals surface area contributed by atoms with E-state index in [4.69, 9.17) is 16.3 Å². The van der Waals surface area contributed by atoms with Crippen molar-refractivity contribution in [2.45, 2.75) is 65.1 Å². The lowest BCUT2D eigenvalue weighted by molar-refractivity contribution is 0.00516. The van der Waals surface area contributed by atoms with Gasteiger partial charge in [0.05, 0.1) is 5.69 Å². The van der Waals surface area contributed by atoms with Crippen molar-refractivity contribution in [2.24, 2.45) is 0 Å². The molecule has 0 radical (unpaired) electrons. The van der Waals surface area contributed by atoms with Gasteiger partial charge in [0.2, 0.25) is 0 Å². The lowest BCUT2D eigenvalue weighted by Gasteiger charge is -2.40. The highest BCUT2D eigenvalue weighted by molar-refractivity contribution is 6.30. The first kappa shape index (κ1) is 18.1. The van der Waals surface area contributed by atoms with E-state index in [-0.39, 0.29) is 12.1 Å². The number of halogens is 1. The fraction of sp³-hybridized carbons (Fsp3) is 0.750. The number of likely N-dealkylation sites (tertiary alicyclic amines) is 1. The molecule has 0 spiro atoms. The zero-order valence-corrected chi connectivity index (χ0v) is 15.2. The third kappa shape index (κ3) is 5.39. The fourth-order valence-electron chi connectivity index (χ4n) is 2.35. The average Bonchev–Trinajstić information content (AvgIpc) is 2.73. The van der Waals surface area contributed by atoms with Crippen LogP contribution in [0, 0.1) is 0 Å². The Balaban J connectivity index is 1.72. The number of nitrogens with one attached hydrogen (secondary N) is 2. The first-order valence-electron chi connectivity index (χ1n) is 8.23. The second-order valence-electron chi connectivity index (χ2n) is 7.02. The molecule has 0 unspecified atom stereocenters. The summed E-state index contributed by atoms with van der Waals surface area (Å²) in [7, 11) is 0. The summed E-state index contributed by atoms with van der Waals surface area (Å²) in [4.78, 5) is 21.2. The van der Waals surface area contributed by atoms with Gasteiger partial charge in [-0.1, -0.05) is 24.9 Å². The quantitative estimate of drug-likeness (QED) is 0.833. The Bertz CT molecular complexity index is 533. The topological polar surface area (TPSA) is 70.2 Å². The van der Waals surface area contributed by atoms with Crippen molar-refractivity contribution in [2.75, 3.05) is 13.1 Å². The zero-order valence-electron chi connectivity index (χ0n) is 14.4. The molecule has 23 heavy (non-hydrogen) atoms. The molecule has 130 valence electrons. The van der Waals surface area contributed by atoms with E-state index in [1.54, 1.807) is 4.90 Å². The fourth-order valence-corrected chi connectivity index (χ4v) is 2.57. The van der Waals surface area contributed by atoms with Crippen molar-refractivity contribution < 1.29 is 9.53 Å². The van der Waals surface area contributed by atoms with Crippen LogP contribution in [0.25, 0.3) is 0 Å². The minimum Gasteiger partial charge on any atom is -0.444 e. The number of nitrogens with zero attached hydrogens (tertiary/aromatic N) is 2. The Morgan fingerprint density at radius 1 is 1.48 bits per heavy atom. The maximum Gasteiger partial charge on any atom is 0.410 e. The minimum absolute atomic E-state index is 0.253. The summed E-state index contributed by atoms with van der Waals surface area (Å²) in [6.07, 6.45) is 2.90. The van der Waals surface area contributed by atoms with E-state index in [2.05, 4.69) is 22.2 Å². The van der Waals surface area contributed by atoms with Crippen molar-refractivity contribution in [1.29, 1.82) is 0 Å². The largest absolute Gasteiger partial charge is 0.444 e. The van der Waals surface area contributed by atoms with Crippen LogP contribution in [0.5, 0.6) is 0 Å². The monoisotopic (exact) mass is 342 g/mol. The molecule has 1 saturated heterocycles. The van der Waals surface area contributed by atoms with Crippen molar-refractivity contribution in [3.05, 3.63) is 16.7 Å². The summed E-state index contributed by atoms with van der Waals surface area (Å²) >= 11 is 6.15. The van der Waals surface area contributed by atoms with Gasteiger partial charge in [0.1, 0.15) is 11.4 Å². The van der Waals surface area contributed by atoms with Gasteiger partial charge in [-0.15, -0.1) is 0 Å². The Kier molecular flexibility index (Phi) is 5.92. The number of ether oxygens (including phenoxy) is 1. The molecule has 1 aromatic rings. The van der Waals surface area contributed by atoms with Crippen LogP contribution in [0.3, 0.4) is 0 Å². The average molecular weight is 343 g/mol. The van der Waals surface area contributed by atoms with E-state index in [9.17, 15) is 4.79 Å². The number of carbonyl (C=O) groups is 1. The van der Waals surface area contributed by atoms with Crippen LogP contribution < -0.4 is 5.32 Å². The van der Waals surface area contributed by atoms with Gasteiger partial charge in [0, 0.05) is 32.1 Å². The van der Waals surface area contributed by atoms with Crippen molar-refractivity contribution in [3.8, 4) is 0 Å². The van der Waals surface area contributed by atoms with Gasteiger partial charge < -0.3 is 19.9 Å². The number of unbranched alkanes of at least 4 members (excludes halogenated alkanes) is 1. The highest BCUT2D eigenvalue weighted by atomic mass is 35.5. The smallest absolute Gasteiger partial charge is 0.410 e. The normalized spacial score (nSPS) is 15.6. The lowest BCUT2D eigenvalue weighted by atomic mass is 10.1. The summed E-state index contributed by atoms with van der Waals surface area (Å²) in [6.45, 7) is 9.71. The van der Waals surface area contributed by atoms with E-state index < -0.39 is 5.60 Å². The summed E-state index contributed by atoms with van der Waals surface area (Å²) in [5.74, 6) is 0.942. The van der Waals surface area contributed by atoms with Crippen LogP contribution in [0.2, 0.25) is 5.15 Å². The predicted octanol–water partition coefficient (Wildman–Crippen LogP) is 3.11. The molecule has 1 aromatic heterocycles. The van der Waals surface area contributed by atoms with Crippen LogP contribution in [-0.2, 0) is 17.7 Å². The molecule has 1 aliphatic heterocycles. The molecular formula is C16H27ClN4O2. The number of carbonyl (C=O) groups excluding carboxylic acids is 1. The number of aromatic nitrogens is 2. The highest BCUT2D eigenvalue weighted by Crippen LogP contribution is 2.17. The van der Waals surface area contributed by atoms with E-state index in [1.165, 1.54) is 0 Å². The number of hydrogen-bond donors (Lipinski definition) is 2. The predicted molar refractivity (Wildman–Crippen MR) is 90.6 cm³/mol. The van der Waals surface area contributed by atoms with Gasteiger partial charge in [-0.2, -0.15) is 0 Å². The number of aryl methyl sites for hydroxylation is 1. The van der Waals surface area contributed by atoms with E-state index in [0.717, 1.165) is 30.8 Å². The van der Waals surface area contributed by atoms with Crippen molar-refractivity contribution in [1.82, 2.24) is 20.2 Å². The number of hydrogen-bond acceptors (Lipinski definition) is 4. The molecule has 1 fully saturated rings. The maximum absolute atomic E-state index is 11.9. The summed E-state index contributed by atoms with van der Waals surface area (Å²) in [5.41, 5.74) is 0.460. The number of amides is 1. The molecule has 7 heteroatoms. The van der Waals surface area contributed by atoms with Gasteiger partial charge in [-0.05, 0) is 27.2 Å². The standard InChI is InChI=1S/C16H27ClN4O2/c1-5-6-7-13-19-12(14(17)20-13)8-18-11-9-21(10-11)15(22)23-16(2,3)4/h11,18H,5-10H2,1-4H3,(H,19,20). The van der Waals surface area contributed by atoms with E-state index in [1.807, 2.05) is 20.8 Å². The SMILES string of the molecule is CCCCc1nc(Cl)c(CNC2CN(C(=O)OC(C)(C)C)C2)[nH]1. The Morgan fingerprint density at radius 3 is 2.78 bits per heavy atom. The van der Waals surface area contributed by atoms with Crippen LogP contribution in [0.4, 0.5) is 4.79 Å². The van der Waals surface area contributed by atoms with E-state index in [0.29, 0.717) is 24.8 Å². The molecule has 0 aromatic carbocycles. The lowest BCUT2D eigenvalue weighted by Crippen LogP contribution is -2.60. The second-order valence-corrected chi connectivity index (χ2v) is 7.38. The summed E-state index contributed by atoms with van der Waals surface area (Å²) in [6, 6.07) is 0.265. The zero-order chi connectivity index (χ0) is 17.0. The van der Waals surface area contributed by atoms with Crippen LogP contribution in [-0.4, -0.2) is 45.7 Å². The number of aromatic amines is 1. The van der Waals surface area contributed by atoms with E-state index >= 15 is 0 Å². The Labute approximate surface area is 142 Å². The third-order valence-corrected chi connectivity index (χ3v) is 3.96. The van der Waals surface area contributed by atoms with Crippen LogP contribution >= 0.6 is 11.6 Å². The number of H-pyrrole nitrogens is 1. The minimum atomic E-state index is -0.450. The molecule has 2 heterocycles. The van der Waals surface area contributed by atoms with Gasteiger partial charge >= 0.3 is 6.09 Å². The molecule has 6 nitrogen and oxygen atoms in total. The van der Waals surface area contributed by atoms with Gasteiger partial charge in [-0.25, -0.2) is 9.78 Å². The van der Waals surface area contributed by atoms with Gasteiger partial charge in [0.15, 0.2) is 5.15 Å². The molecule has 0 atom stereocenters. The molecule has 1 aliphatic rings. The molecule has 0 bridgehead atoms. The highest BCUT2D eigenvalue weighted by Gasteiger charge is 2.33. The van der Waals surface area contributed by atoms with Crippen molar-refractivity contribution in [3.63, 3.8) is 0 Å². The first-order chi connectivity index (χ1) is 10.8. The van der Waals surface area contributed by atoms with Gasteiger partial charge in [-0.3, -0.25) is 0 Å². The van der Waals surface area contributed by atoms with Crippen LogP contribution in [0.15, 0.2) is 0 Å². The van der Waals surface area contributed by atoms with Crippen molar-refractivity contribution >= 4 is 17.7 Å². The van der Waals surface area contributed by atoms with Gasteiger partial charge in [0.25, 0.3) is 0 Å². The molecule has 2 N–H and O–H groups in total. The van der Waals surface area contributed by atoms with Crippen LogP contribution in [0.1, 0.15) is 52.1 Å². The third-order valence-electron chi connectivity index (χ3n) is 3.65. The Hall–Kier alpha value is -1.27. The molecular weight excluding hydrogens is 316 g/mol. The second kappa shape index (κ2) is 7.53. The molecule has 2 rings (SSSR count).